The highest BCUT2D eigenvalue weighted by atomic mass is 79.9. The maximum atomic E-state index is 4.04. The summed E-state index contributed by atoms with van der Waals surface area (Å²) in [5.74, 6) is 0.123. The monoisotopic (exact) mass is 424 g/mol. The van der Waals surface area contributed by atoms with E-state index < -0.39 is 0 Å². The molecule has 4 rings (SSSR count). The van der Waals surface area contributed by atoms with Crippen molar-refractivity contribution in [1.29, 1.82) is 0 Å². The second-order valence-electron chi connectivity index (χ2n) is 6.71. The van der Waals surface area contributed by atoms with Crippen molar-refractivity contribution in [3.05, 3.63) is 148 Å². The van der Waals surface area contributed by atoms with Gasteiger partial charge in [-0.05, 0) is 27.8 Å². The Balaban J connectivity index is 1.97. The SMILES string of the molecule is BrC(=C(c1ccccc1)c1ccccc1)C(c1ccccc1)c1ccccc1. The first-order valence-corrected chi connectivity index (χ1v) is 10.2. The molecule has 0 fully saturated rings. The van der Waals surface area contributed by atoms with E-state index in [1.54, 1.807) is 0 Å². The van der Waals surface area contributed by atoms with E-state index in [0.29, 0.717) is 0 Å². The van der Waals surface area contributed by atoms with Crippen LogP contribution < -0.4 is 0 Å². The van der Waals surface area contributed by atoms with E-state index in [4.69, 9.17) is 0 Å². The van der Waals surface area contributed by atoms with Crippen LogP contribution in [-0.2, 0) is 0 Å². The van der Waals surface area contributed by atoms with Gasteiger partial charge in [-0.15, -0.1) is 0 Å². The summed E-state index contributed by atoms with van der Waals surface area (Å²) in [7, 11) is 0. The van der Waals surface area contributed by atoms with Crippen LogP contribution in [0, 0.1) is 0 Å². The van der Waals surface area contributed by atoms with Crippen molar-refractivity contribution in [2.24, 2.45) is 0 Å². The fourth-order valence-corrected chi connectivity index (χ4v) is 4.56. The van der Waals surface area contributed by atoms with Crippen molar-refractivity contribution >= 4 is 21.5 Å². The lowest BCUT2D eigenvalue weighted by Gasteiger charge is -2.22. The molecular weight excluding hydrogens is 404 g/mol. The van der Waals surface area contributed by atoms with Crippen molar-refractivity contribution < 1.29 is 0 Å². The standard InChI is InChI=1S/C27H21Br/c28-27(25(21-13-5-1-6-14-21)22-15-7-2-8-16-22)26(23-17-9-3-10-18-23)24-19-11-4-12-20-24/h1-20,25H. The van der Waals surface area contributed by atoms with Crippen LogP contribution in [0.1, 0.15) is 28.2 Å². The summed E-state index contributed by atoms with van der Waals surface area (Å²) in [5, 5.41) is 0. The van der Waals surface area contributed by atoms with Crippen molar-refractivity contribution in [3.8, 4) is 0 Å². The van der Waals surface area contributed by atoms with Gasteiger partial charge < -0.3 is 0 Å². The molecule has 1 heteroatoms. The third kappa shape index (κ3) is 4.00. The molecule has 0 saturated heterocycles. The van der Waals surface area contributed by atoms with E-state index in [1.165, 1.54) is 32.3 Å². The molecule has 0 amide bonds. The first-order valence-electron chi connectivity index (χ1n) is 9.45. The highest BCUT2D eigenvalue weighted by Gasteiger charge is 2.22. The maximum Gasteiger partial charge on any atom is 0.0412 e. The van der Waals surface area contributed by atoms with E-state index in [1.807, 2.05) is 0 Å². The van der Waals surface area contributed by atoms with Gasteiger partial charge in [0.15, 0.2) is 0 Å². The Hall–Kier alpha value is -2.90. The second-order valence-corrected chi connectivity index (χ2v) is 7.56. The number of allylic oxidation sites excluding steroid dienone is 1. The van der Waals surface area contributed by atoms with Gasteiger partial charge >= 0.3 is 0 Å². The third-order valence-corrected chi connectivity index (χ3v) is 5.74. The van der Waals surface area contributed by atoms with Gasteiger partial charge in [0.1, 0.15) is 0 Å². The van der Waals surface area contributed by atoms with Crippen LogP contribution in [0.4, 0.5) is 0 Å². The second kappa shape index (κ2) is 8.86. The number of rotatable bonds is 5. The zero-order valence-electron chi connectivity index (χ0n) is 15.5. The van der Waals surface area contributed by atoms with Gasteiger partial charge in [0.25, 0.3) is 0 Å². The third-order valence-electron chi connectivity index (χ3n) is 4.88. The molecule has 0 N–H and O–H groups in total. The van der Waals surface area contributed by atoms with Crippen LogP contribution in [0.25, 0.3) is 5.57 Å². The Morgan fingerprint density at radius 2 is 0.786 bits per heavy atom. The molecule has 0 bridgehead atoms. The fourth-order valence-electron chi connectivity index (χ4n) is 3.57. The normalized spacial score (nSPS) is 10.6. The Morgan fingerprint density at radius 3 is 1.14 bits per heavy atom. The largest absolute Gasteiger partial charge is 0.0622 e. The quantitative estimate of drug-likeness (QED) is 0.308. The molecule has 0 saturated carbocycles. The number of hydrogen-bond donors (Lipinski definition) is 0. The summed E-state index contributed by atoms with van der Waals surface area (Å²) < 4.78 is 1.17. The topological polar surface area (TPSA) is 0 Å². The van der Waals surface area contributed by atoms with Crippen molar-refractivity contribution in [3.63, 3.8) is 0 Å². The van der Waals surface area contributed by atoms with E-state index in [9.17, 15) is 0 Å². The Labute approximate surface area is 175 Å². The average Bonchev–Trinajstić information content (AvgIpc) is 2.77. The summed E-state index contributed by atoms with van der Waals surface area (Å²) in [6, 6.07) is 42.6. The average molecular weight is 425 g/mol. The van der Waals surface area contributed by atoms with Gasteiger partial charge in [0, 0.05) is 10.4 Å². The first kappa shape index (κ1) is 18.5. The minimum atomic E-state index is 0.123. The molecule has 0 spiro atoms. The van der Waals surface area contributed by atoms with Gasteiger partial charge in [0.05, 0.1) is 0 Å². The van der Waals surface area contributed by atoms with Gasteiger partial charge in [-0.3, -0.25) is 0 Å². The highest BCUT2D eigenvalue weighted by Crippen LogP contribution is 2.42. The number of halogens is 1. The van der Waals surface area contributed by atoms with Gasteiger partial charge in [-0.2, -0.15) is 0 Å². The zero-order chi connectivity index (χ0) is 19.2. The van der Waals surface area contributed by atoms with Crippen LogP contribution in [0.2, 0.25) is 0 Å². The molecule has 0 radical (unpaired) electrons. The van der Waals surface area contributed by atoms with Crippen LogP contribution in [-0.4, -0.2) is 0 Å². The van der Waals surface area contributed by atoms with Gasteiger partial charge in [0.2, 0.25) is 0 Å². The Kier molecular flexibility index (Phi) is 5.84. The maximum absolute atomic E-state index is 4.04. The molecule has 0 aromatic heterocycles. The number of benzene rings is 4. The van der Waals surface area contributed by atoms with Crippen LogP contribution in [0.15, 0.2) is 126 Å². The van der Waals surface area contributed by atoms with E-state index in [-0.39, 0.29) is 5.92 Å². The molecule has 136 valence electrons. The van der Waals surface area contributed by atoms with E-state index >= 15 is 0 Å². The molecule has 4 aromatic rings. The Bertz CT molecular complexity index is 955. The predicted molar refractivity (Wildman–Crippen MR) is 123 cm³/mol. The minimum absolute atomic E-state index is 0.123. The summed E-state index contributed by atoms with van der Waals surface area (Å²) >= 11 is 4.04. The van der Waals surface area contributed by atoms with E-state index in [0.717, 1.165) is 0 Å². The van der Waals surface area contributed by atoms with Gasteiger partial charge in [-0.1, -0.05) is 137 Å². The minimum Gasteiger partial charge on any atom is -0.0622 e. The first-order chi connectivity index (χ1) is 13.8. The number of hydrogen-bond acceptors (Lipinski definition) is 0. The predicted octanol–water partition coefficient (Wildman–Crippen LogP) is 7.67. The smallest absolute Gasteiger partial charge is 0.0412 e. The zero-order valence-corrected chi connectivity index (χ0v) is 17.1. The van der Waals surface area contributed by atoms with Crippen LogP contribution in [0.3, 0.4) is 0 Å². The van der Waals surface area contributed by atoms with E-state index in [2.05, 4.69) is 137 Å². The molecule has 0 nitrogen and oxygen atoms in total. The fraction of sp³-hybridized carbons (Fsp3) is 0.0370. The molecule has 0 heterocycles. The van der Waals surface area contributed by atoms with Gasteiger partial charge in [-0.25, -0.2) is 0 Å². The molecule has 28 heavy (non-hydrogen) atoms. The highest BCUT2D eigenvalue weighted by molar-refractivity contribution is 9.11. The molecular formula is C27H21Br. The molecule has 0 aliphatic rings. The summed E-state index contributed by atoms with van der Waals surface area (Å²) in [5.41, 5.74) is 6.17. The molecule has 0 atom stereocenters. The molecule has 4 aromatic carbocycles. The van der Waals surface area contributed by atoms with Crippen LogP contribution >= 0.6 is 15.9 Å². The summed E-state index contributed by atoms with van der Waals surface area (Å²) in [6.07, 6.45) is 0. The molecule has 0 aliphatic carbocycles. The summed E-state index contributed by atoms with van der Waals surface area (Å²) in [6.45, 7) is 0. The van der Waals surface area contributed by atoms with Crippen LogP contribution in [0.5, 0.6) is 0 Å². The summed E-state index contributed by atoms with van der Waals surface area (Å²) in [4.78, 5) is 0. The lowest BCUT2D eigenvalue weighted by atomic mass is 9.86. The Morgan fingerprint density at radius 1 is 0.464 bits per heavy atom. The lowest BCUT2D eigenvalue weighted by Crippen LogP contribution is -2.04. The molecule has 0 aliphatic heterocycles. The molecule has 0 unspecified atom stereocenters. The van der Waals surface area contributed by atoms with Crippen molar-refractivity contribution in [2.75, 3.05) is 0 Å². The lowest BCUT2D eigenvalue weighted by molar-refractivity contribution is 1.01. The van der Waals surface area contributed by atoms with Crippen molar-refractivity contribution in [2.45, 2.75) is 5.92 Å². The van der Waals surface area contributed by atoms with Crippen molar-refractivity contribution in [1.82, 2.24) is 0 Å².